The van der Waals surface area contributed by atoms with E-state index in [9.17, 15) is 0 Å². The van der Waals surface area contributed by atoms with Gasteiger partial charge in [-0.1, -0.05) is 19.8 Å². The minimum Gasteiger partial charge on any atom is -0.348 e. The lowest BCUT2D eigenvalue weighted by molar-refractivity contribution is 0.278. The van der Waals surface area contributed by atoms with E-state index in [1.165, 1.54) is 12.8 Å². The van der Waals surface area contributed by atoms with Gasteiger partial charge < -0.3 is 5.32 Å². The average Bonchev–Trinajstić information content (AvgIpc) is 2.32. The van der Waals surface area contributed by atoms with Crippen LogP contribution < -0.4 is 5.32 Å². The Hall–Kier alpha value is -0.350. The lowest BCUT2D eigenvalue weighted by Gasteiger charge is -2.39. The van der Waals surface area contributed by atoms with Crippen molar-refractivity contribution in [1.82, 2.24) is 9.97 Å². The smallest absolute Gasteiger partial charge is 0.223 e. The Morgan fingerprint density at radius 1 is 1.53 bits per heavy atom. The summed E-state index contributed by atoms with van der Waals surface area (Å²) < 4.78 is 0.889. The molecule has 0 amide bonds. The zero-order valence-electron chi connectivity index (χ0n) is 9.92. The number of alkyl halides is 1. The Bertz CT molecular complexity index is 371. The zero-order valence-corrected chi connectivity index (χ0v) is 12.3. The summed E-state index contributed by atoms with van der Waals surface area (Å²) in [4.78, 5) is 8.53. The first-order chi connectivity index (χ1) is 8.13. The molecule has 1 fully saturated rings. The van der Waals surface area contributed by atoms with Crippen LogP contribution in [0.2, 0.25) is 0 Å². The number of hydrogen-bond donors (Lipinski definition) is 1. The van der Waals surface area contributed by atoms with Crippen molar-refractivity contribution in [2.75, 3.05) is 11.2 Å². The highest BCUT2D eigenvalue weighted by atomic mass is 79.9. The van der Waals surface area contributed by atoms with Crippen molar-refractivity contribution < 1.29 is 0 Å². The third-order valence-electron chi connectivity index (χ3n) is 3.34. The number of rotatable bonds is 3. The van der Waals surface area contributed by atoms with Crippen LogP contribution in [0.1, 0.15) is 32.6 Å². The fourth-order valence-electron chi connectivity index (χ4n) is 2.54. The molecule has 1 aliphatic carbocycles. The molecular weight excluding hydrogens is 302 g/mol. The molecule has 1 aromatic rings. The molecule has 1 heterocycles. The first-order valence-corrected chi connectivity index (χ1v) is 7.28. The third kappa shape index (κ3) is 3.32. The highest BCUT2D eigenvalue weighted by molar-refractivity contribution is 9.10. The van der Waals surface area contributed by atoms with Gasteiger partial charge >= 0.3 is 0 Å². The van der Waals surface area contributed by atoms with Crippen molar-refractivity contribution in [3.05, 3.63) is 16.9 Å². The van der Waals surface area contributed by atoms with Crippen LogP contribution in [0.4, 0.5) is 5.95 Å². The molecule has 1 aliphatic rings. The van der Waals surface area contributed by atoms with E-state index in [1.807, 2.05) is 0 Å². The maximum Gasteiger partial charge on any atom is 0.223 e. The number of hydrogen-bond acceptors (Lipinski definition) is 3. The van der Waals surface area contributed by atoms with Gasteiger partial charge in [0.05, 0.1) is 10.0 Å². The normalized spacial score (nSPS) is 29.0. The Balaban J connectivity index is 2.10. The van der Waals surface area contributed by atoms with E-state index < -0.39 is 0 Å². The molecule has 0 spiro atoms. The van der Waals surface area contributed by atoms with Gasteiger partial charge in [-0.15, -0.1) is 11.6 Å². The fraction of sp³-hybridized carbons (Fsp3) is 0.667. The number of aromatic nitrogens is 2. The SMILES string of the molecule is CC1CCCC(CCl)(Nc2ncc(Br)cn2)C1. The van der Waals surface area contributed by atoms with E-state index in [2.05, 4.69) is 38.1 Å². The van der Waals surface area contributed by atoms with Gasteiger partial charge in [-0.05, 0) is 34.7 Å². The monoisotopic (exact) mass is 317 g/mol. The molecule has 0 aliphatic heterocycles. The van der Waals surface area contributed by atoms with Gasteiger partial charge in [0.2, 0.25) is 5.95 Å². The second-order valence-corrected chi connectivity index (χ2v) is 6.15. The highest BCUT2D eigenvalue weighted by Gasteiger charge is 2.34. The summed E-state index contributed by atoms with van der Waals surface area (Å²) >= 11 is 9.49. The molecular formula is C12H17BrClN3. The van der Waals surface area contributed by atoms with Crippen molar-refractivity contribution in [3.63, 3.8) is 0 Å². The van der Waals surface area contributed by atoms with Crippen LogP contribution >= 0.6 is 27.5 Å². The topological polar surface area (TPSA) is 37.8 Å². The predicted molar refractivity (Wildman–Crippen MR) is 74.4 cm³/mol. The third-order valence-corrected chi connectivity index (χ3v) is 4.27. The Morgan fingerprint density at radius 3 is 2.82 bits per heavy atom. The van der Waals surface area contributed by atoms with Gasteiger partial charge in [-0.25, -0.2) is 9.97 Å². The predicted octanol–water partition coefficient (Wildman–Crippen LogP) is 3.84. The van der Waals surface area contributed by atoms with E-state index in [0.29, 0.717) is 17.7 Å². The summed E-state index contributed by atoms with van der Waals surface area (Å²) in [5, 5.41) is 3.43. The summed E-state index contributed by atoms with van der Waals surface area (Å²) in [6, 6.07) is 0. The van der Waals surface area contributed by atoms with Crippen molar-refractivity contribution in [2.24, 2.45) is 5.92 Å². The van der Waals surface area contributed by atoms with E-state index in [-0.39, 0.29) is 5.54 Å². The van der Waals surface area contributed by atoms with Gasteiger partial charge in [0.15, 0.2) is 0 Å². The quantitative estimate of drug-likeness (QED) is 0.861. The zero-order chi connectivity index (χ0) is 12.3. The number of anilines is 1. The van der Waals surface area contributed by atoms with E-state index in [0.717, 1.165) is 17.3 Å². The number of nitrogens with one attached hydrogen (secondary N) is 1. The van der Waals surface area contributed by atoms with Crippen LogP contribution in [0.15, 0.2) is 16.9 Å². The van der Waals surface area contributed by atoms with Crippen LogP contribution in [0.3, 0.4) is 0 Å². The summed E-state index contributed by atoms with van der Waals surface area (Å²) in [6.45, 7) is 2.28. The number of nitrogens with zero attached hydrogens (tertiary/aromatic N) is 2. The van der Waals surface area contributed by atoms with Crippen molar-refractivity contribution in [2.45, 2.75) is 38.1 Å². The fourth-order valence-corrected chi connectivity index (χ4v) is 3.06. The van der Waals surface area contributed by atoms with Gasteiger partial charge in [0.1, 0.15) is 0 Å². The van der Waals surface area contributed by atoms with E-state index in [1.54, 1.807) is 12.4 Å². The molecule has 0 radical (unpaired) electrons. The lowest BCUT2D eigenvalue weighted by Crippen LogP contribution is -2.44. The summed E-state index contributed by atoms with van der Waals surface area (Å²) in [7, 11) is 0. The average molecular weight is 319 g/mol. The Kier molecular flexibility index (Phi) is 4.26. The minimum absolute atomic E-state index is 0.0347. The summed E-state index contributed by atoms with van der Waals surface area (Å²) in [5.74, 6) is 1.99. The van der Waals surface area contributed by atoms with E-state index in [4.69, 9.17) is 11.6 Å². The van der Waals surface area contributed by atoms with Crippen LogP contribution in [-0.2, 0) is 0 Å². The first-order valence-electron chi connectivity index (χ1n) is 5.95. The Morgan fingerprint density at radius 2 is 2.24 bits per heavy atom. The minimum atomic E-state index is -0.0347. The molecule has 0 aromatic carbocycles. The Labute approximate surface area is 116 Å². The number of halogens is 2. The molecule has 1 aromatic heterocycles. The molecule has 5 heteroatoms. The molecule has 1 saturated carbocycles. The van der Waals surface area contributed by atoms with E-state index >= 15 is 0 Å². The van der Waals surface area contributed by atoms with Crippen molar-refractivity contribution >= 4 is 33.5 Å². The molecule has 3 nitrogen and oxygen atoms in total. The molecule has 0 saturated heterocycles. The van der Waals surface area contributed by atoms with Gasteiger partial charge in [-0.3, -0.25) is 0 Å². The van der Waals surface area contributed by atoms with Gasteiger partial charge in [0.25, 0.3) is 0 Å². The summed E-state index contributed by atoms with van der Waals surface area (Å²) in [5.41, 5.74) is -0.0347. The van der Waals surface area contributed by atoms with Crippen LogP contribution in [-0.4, -0.2) is 21.4 Å². The second-order valence-electron chi connectivity index (χ2n) is 4.97. The molecule has 2 unspecified atom stereocenters. The molecule has 2 atom stereocenters. The second kappa shape index (κ2) is 5.53. The molecule has 17 heavy (non-hydrogen) atoms. The molecule has 0 bridgehead atoms. The lowest BCUT2D eigenvalue weighted by atomic mass is 9.77. The maximum absolute atomic E-state index is 6.16. The van der Waals surface area contributed by atoms with Gasteiger partial charge in [0, 0.05) is 18.3 Å². The van der Waals surface area contributed by atoms with Crippen LogP contribution in [0.25, 0.3) is 0 Å². The molecule has 1 N–H and O–H groups in total. The largest absolute Gasteiger partial charge is 0.348 e. The van der Waals surface area contributed by atoms with Gasteiger partial charge in [-0.2, -0.15) is 0 Å². The molecule has 94 valence electrons. The standard InChI is InChI=1S/C12H17BrClN3/c1-9-3-2-4-12(5-9,8-14)17-11-15-6-10(13)7-16-11/h6-7,9H,2-5,8H2,1H3,(H,15,16,17). The highest BCUT2D eigenvalue weighted by Crippen LogP contribution is 2.35. The maximum atomic E-state index is 6.16. The van der Waals surface area contributed by atoms with Crippen molar-refractivity contribution in [1.29, 1.82) is 0 Å². The summed E-state index contributed by atoms with van der Waals surface area (Å²) in [6.07, 6.45) is 8.21. The first kappa shape index (κ1) is 13.1. The van der Waals surface area contributed by atoms with Crippen LogP contribution in [0, 0.1) is 5.92 Å². The molecule has 2 rings (SSSR count). The van der Waals surface area contributed by atoms with Crippen LogP contribution in [0.5, 0.6) is 0 Å². The van der Waals surface area contributed by atoms with Crippen molar-refractivity contribution in [3.8, 4) is 0 Å².